The summed E-state index contributed by atoms with van der Waals surface area (Å²) >= 11 is 0. The maximum absolute atomic E-state index is 2.82. The first-order valence-corrected chi connectivity index (χ1v) is 11.1. The molecule has 1 aliphatic carbocycles. The molecule has 0 aromatic carbocycles. The van der Waals surface area contributed by atoms with Crippen LogP contribution in [0.1, 0.15) is 58.8 Å². The van der Waals surface area contributed by atoms with Crippen LogP contribution in [0.2, 0.25) is 0 Å². The minimum Gasteiger partial charge on any atom is -0.305 e. The highest BCUT2D eigenvalue weighted by Crippen LogP contribution is 2.52. The van der Waals surface area contributed by atoms with Crippen molar-refractivity contribution in [3.63, 3.8) is 0 Å². The van der Waals surface area contributed by atoms with Gasteiger partial charge in [-0.3, -0.25) is 0 Å². The van der Waals surface area contributed by atoms with E-state index in [4.69, 9.17) is 0 Å². The monoisotopic (exact) mass is 347 g/mol. The number of rotatable bonds is 8. The quantitative estimate of drug-likeness (QED) is 0.665. The Morgan fingerprint density at radius 3 is 2.24 bits per heavy atom. The van der Waals surface area contributed by atoms with Gasteiger partial charge in [-0.25, -0.2) is 0 Å². The summed E-state index contributed by atoms with van der Waals surface area (Å²) in [7, 11) is 2.26. The number of piperidine rings is 1. The van der Waals surface area contributed by atoms with Crippen LogP contribution in [0, 0.1) is 22.7 Å². The third-order valence-corrected chi connectivity index (χ3v) is 7.63. The van der Waals surface area contributed by atoms with Crippen LogP contribution in [0.15, 0.2) is 0 Å². The highest BCUT2D eigenvalue weighted by molar-refractivity contribution is 5.05. The maximum atomic E-state index is 2.82. The minimum absolute atomic E-state index is 0.711. The van der Waals surface area contributed by atoms with Crippen LogP contribution < -0.4 is 0 Å². The molecule has 25 heavy (non-hydrogen) atoms. The summed E-state index contributed by atoms with van der Waals surface area (Å²) in [4.78, 5) is 8.05. The van der Waals surface area contributed by atoms with Gasteiger partial charge in [-0.2, -0.15) is 0 Å². The molecule has 0 aromatic rings. The number of nitrogens with zero attached hydrogens (tertiary/aromatic N) is 3. The lowest BCUT2D eigenvalue weighted by Crippen LogP contribution is -2.71. The van der Waals surface area contributed by atoms with E-state index in [0.29, 0.717) is 5.41 Å². The van der Waals surface area contributed by atoms with Crippen molar-refractivity contribution in [3.8, 4) is 0 Å². The summed E-state index contributed by atoms with van der Waals surface area (Å²) in [5.74, 6) is 1.91. The summed E-state index contributed by atoms with van der Waals surface area (Å²) in [6, 6.07) is 0. The first-order chi connectivity index (χ1) is 12.0. The van der Waals surface area contributed by atoms with Crippen molar-refractivity contribution in [2.45, 2.75) is 58.8 Å². The molecule has 3 heterocycles. The van der Waals surface area contributed by atoms with Crippen LogP contribution in [0.25, 0.3) is 0 Å². The molecular formula is C22H41N3. The van der Waals surface area contributed by atoms with E-state index in [-0.39, 0.29) is 0 Å². The van der Waals surface area contributed by atoms with E-state index >= 15 is 0 Å². The molecule has 3 nitrogen and oxygen atoms in total. The highest BCUT2D eigenvalue weighted by atomic mass is 15.3. The molecular weight excluding hydrogens is 306 g/mol. The Bertz CT molecular complexity index is 436. The van der Waals surface area contributed by atoms with E-state index in [1.807, 2.05) is 0 Å². The molecule has 0 bridgehead atoms. The molecule has 3 saturated heterocycles. The normalized spacial score (nSPS) is 30.8. The lowest BCUT2D eigenvalue weighted by molar-refractivity contribution is -0.110. The van der Waals surface area contributed by atoms with Gasteiger partial charge in [0, 0.05) is 44.7 Å². The lowest BCUT2D eigenvalue weighted by Gasteiger charge is -2.60. The Morgan fingerprint density at radius 1 is 1.00 bits per heavy atom. The van der Waals surface area contributed by atoms with Crippen molar-refractivity contribution in [1.29, 1.82) is 0 Å². The molecule has 1 spiro atoms. The zero-order valence-corrected chi connectivity index (χ0v) is 17.1. The Balaban J connectivity index is 1.13. The zero-order chi connectivity index (χ0) is 17.5. The Hall–Kier alpha value is -0.120. The number of hydrogen-bond acceptors (Lipinski definition) is 3. The fourth-order valence-electron chi connectivity index (χ4n) is 6.43. The molecule has 4 aliphatic rings. The summed E-state index contributed by atoms with van der Waals surface area (Å²) in [5.41, 5.74) is 1.44. The van der Waals surface area contributed by atoms with Crippen molar-refractivity contribution in [2.75, 3.05) is 59.4 Å². The van der Waals surface area contributed by atoms with E-state index in [0.717, 1.165) is 17.3 Å². The van der Waals surface area contributed by atoms with Gasteiger partial charge in [-0.1, -0.05) is 26.7 Å². The molecule has 4 rings (SSSR count). The second kappa shape index (κ2) is 7.13. The van der Waals surface area contributed by atoms with E-state index < -0.39 is 0 Å². The standard InChI is InChI=1S/C22H41N3/c1-4-5-19(2)12-21(8-9-21)16-24-10-6-20(7-11-24)13-25-17-22(18-25)14-23(3)15-22/h19-20H,4-18H2,1-3H3. The van der Waals surface area contributed by atoms with Crippen LogP contribution >= 0.6 is 0 Å². The summed E-state index contributed by atoms with van der Waals surface area (Å²) in [6.45, 7) is 15.8. The molecule has 0 aromatic heterocycles. The number of likely N-dealkylation sites (tertiary alicyclic amines) is 3. The van der Waals surface area contributed by atoms with Crippen molar-refractivity contribution in [1.82, 2.24) is 14.7 Å². The Kier molecular flexibility index (Phi) is 5.20. The largest absolute Gasteiger partial charge is 0.305 e. The molecule has 1 saturated carbocycles. The van der Waals surface area contributed by atoms with Crippen LogP contribution in [-0.2, 0) is 0 Å². The molecule has 0 amide bonds. The average molecular weight is 348 g/mol. The van der Waals surface area contributed by atoms with E-state index in [1.165, 1.54) is 97.3 Å². The second-order valence-corrected chi connectivity index (χ2v) is 10.7. The molecule has 0 N–H and O–H groups in total. The van der Waals surface area contributed by atoms with Gasteiger partial charge in [0.05, 0.1) is 0 Å². The average Bonchev–Trinajstić information content (AvgIpc) is 3.25. The number of hydrogen-bond donors (Lipinski definition) is 0. The van der Waals surface area contributed by atoms with Gasteiger partial charge in [0.15, 0.2) is 0 Å². The zero-order valence-electron chi connectivity index (χ0n) is 17.1. The Morgan fingerprint density at radius 2 is 1.68 bits per heavy atom. The van der Waals surface area contributed by atoms with Gasteiger partial charge in [-0.05, 0) is 69.5 Å². The topological polar surface area (TPSA) is 9.72 Å². The van der Waals surface area contributed by atoms with Crippen LogP contribution in [0.3, 0.4) is 0 Å². The van der Waals surface area contributed by atoms with Gasteiger partial charge in [-0.15, -0.1) is 0 Å². The van der Waals surface area contributed by atoms with Crippen LogP contribution in [0.5, 0.6) is 0 Å². The molecule has 1 unspecified atom stereocenters. The van der Waals surface area contributed by atoms with E-state index in [9.17, 15) is 0 Å². The predicted octanol–water partition coefficient (Wildman–Crippen LogP) is 3.55. The van der Waals surface area contributed by atoms with Gasteiger partial charge in [0.2, 0.25) is 0 Å². The van der Waals surface area contributed by atoms with E-state index in [2.05, 4.69) is 35.6 Å². The molecule has 3 aliphatic heterocycles. The summed E-state index contributed by atoms with van der Waals surface area (Å²) in [6.07, 6.45) is 10.2. The first-order valence-electron chi connectivity index (χ1n) is 11.1. The summed E-state index contributed by atoms with van der Waals surface area (Å²) < 4.78 is 0. The van der Waals surface area contributed by atoms with Gasteiger partial charge >= 0.3 is 0 Å². The fraction of sp³-hybridized carbons (Fsp3) is 1.00. The molecule has 144 valence electrons. The third kappa shape index (κ3) is 4.25. The Labute approximate surface area is 156 Å². The van der Waals surface area contributed by atoms with Crippen LogP contribution in [0.4, 0.5) is 0 Å². The van der Waals surface area contributed by atoms with Crippen molar-refractivity contribution in [2.24, 2.45) is 22.7 Å². The molecule has 0 radical (unpaired) electrons. The highest BCUT2D eigenvalue weighted by Gasteiger charge is 2.50. The fourth-order valence-corrected chi connectivity index (χ4v) is 6.43. The minimum atomic E-state index is 0.711. The SMILES string of the molecule is CCCC(C)CC1(CN2CCC(CN3CC4(CN(C)C4)C3)CC2)CC1. The van der Waals surface area contributed by atoms with E-state index in [1.54, 1.807) is 0 Å². The third-order valence-electron chi connectivity index (χ3n) is 7.63. The smallest absolute Gasteiger partial charge is 0.0212 e. The van der Waals surface area contributed by atoms with Gasteiger partial charge in [0.25, 0.3) is 0 Å². The summed E-state index contributed by atoms with van der Waals surface area (Å²) in [5, 5.41) is 0. The molecule has 1 atom stereocenters. The predicted molar refractivity (Wildman–Crippen MR) is 106 cm³/mol. The van der Waals surface area contributed by atoms with Crippen molar-refractivity contribution < 1.29 is 0 Å². The lowest BCUT2D eigenvalue weighted by atomic mass is 9.72. The van der Waals surface area contributed by atoms with Crippen molar-refractivity contribution in [3.05, 3.63) is 0 Å². The van der Waals surface area contributed by atoms with Gasteiger partial charge in [0.1, 0.15) is 0 Å². The van der Waals surface area contributed by atoms with Gasteiger partial charge < -0.3 is 14.7 Å². The maximum Gasteiger partial charge on any atom is 0.0212 e. The second-order valence-electron chi connectivity index (χ2n) is 10.7. The van der Waals surface area contributed by atoms with Crippen LogP contribution in [-0.4, -0.2) is 74.1 Å². The molecule has 4 fully saturated rings. The molecule has 3 heteroatoms. The first kappa shape index (κ1) is 18.3. The van der Waals surface area contributed by atoms with Crippen molar-refractivity contribution >= 4 is 0 Å².